The van der Waals surface area contributed by atoms with Crippen LogP contribution in [0.1, 0.15) is 18.9 Å². The highest BCUT2D eigenvalue weighted by Crippen LogP contribution is 2.36. The van der Waals surface area contributed by atoms with E-state index in [9.17, 15) is 10.1 Å². The van der Waals surface area contributed by atoms with E-state index in [1.165, 1.54) is 11.8 Å². The predicted octanol–water partition coefficient (Wildman–Crippen LogP) is 3.92. The maximum absolute atomic E-state index is 11.7. The lowest BCUT2D eigenvalue weighted by Gasteiger charge is -2.21. The Labute approximate surface area is 138 Å². The smallest absolute Gasteiger partial charge is 0.271 e. The van der Waals surface area contributed by atoms with Gasteiger partial charge in [0, 0.05) is 18.8 Å². The molecule has 2 heterocycles. The van der Waals surface area contributed by atoms with E-state index >= 15 is 0 Å². The zero-order valence-electron chi connectivity index (χ0n) is 12.3. The van der Waals surface area contributed by atoms with Gasteiger partial charge in [0.25, 0.3) is 5.70 Å². The monoisotopic (exact) mass is 337 g/mol. The van der Waals surface area contributed by atoms with E-state index in [1.54, 1.807) is 30.6 Å². The number of aliphatic imine (C=N–C) groups is 1. The molecular weight excluding hydrogens is 322 g/mol. The summed E-state index contributed by atoms with van der Waals surface area (Å²) < 4.78 is 0. The minimum atomic E-state index is -0.873. The summed E-state index contributed by atoms with van der Waals surface area (Å²) in [6.45, 7) is 1.90. The van der Waals surface area contributed by atoms with Gasteiger partial charge in [-0.3, -0.25) is 15.1 Å². The summed E-state index contributed by atoms with van der Waals surface area (Å²) in [4.78, 5) is 20.4. The second kappa shape index (κ2) is 7.07. The third-order valence-electron chi connectivity index (χ3n) is 3.56. The van der Waals surface area contributed by atoms with Gasteiger partial charge in [0.2, 0.25) is 0 Å². The third-order valence-corrected chi connectivity index (χ3v) is 4.61. The van der Waals surface area contributed by atoms with Crippen LogP contribution in [0.2, 0.25) is 5.15 Å². The van der Waals surface area contributed by atoms with Gasteiger partial charge in [0.15, 0.2) is 5.54 Å². The predicted molar refractivity (Wildman–Crippen MR) is 91.1 cm³/mol. The first-order valence-corrected chi connectivity index (χ1v) is 8.38. The van der Waals surface area contributed by atoms with Crippen LogP contribution in [0.5, 0.6) is 0 Å². The second-order valence-corrected chi connectivity index (χ2v) is 6.10. The Morgan fingerprint density at radius 3 is 2.73 bits per heavy atom. The molecule has 7 heteroatoms. The van der Waals surface area contributed by atoms with Crippen molar-refractivity contribution >= 4 is 29.6 Å². The summed E-state index contributed by atoms with van der Waals surface area (Å²) in [6.07, 6.45) is 9.63. The van der Waals surface area contributed by atoms with Crippen molar-refractivity contribution in [2.24, 2.45) is 4.99 Å². The molecule has 0 bridgehead atoms. The van der Waals surface area contributed by atoms with Crippen LogP contribution in [-0.4, -0.2) is 27.9 Å². The first-order valence-electron chi connectivity index (χ1n) is 6.78. The van der Waals surface area contributed by atoms with Gasteiger partial charge in [-0.15, -0.1) is 11.8 Å². The van der Waals surface area contributed by atoms with Gasteiger partial charge >= 0.3 is 0 Å². The lowest BCUT2D eigenvalue weighted by Crippen LogP contribution is -2.30. The average molecular weight is 338 g/mol. The van der Waals surface area contributed by atoms with Gasteiger partial charge < -0.3 is 0 Å². The van der Waals surface area contributed by atoms with Crippen LogP contribution in [-0.2, 0) is 6.42 Å². The highest BCUT2D eigenvalue weighted by molar-refractivity contribution is 8.02. The number of nitro groups is 1. The average Bonchev–Trinajstić information content (AvgIpc) is 2.98. The summed E-state index contributed by atoms with van der Waals surface area (Å²) >= 11 is 7.15. The molecule has 0 saturated carbocycles. The zero-order valence-corrected chi connectivity index (χ0v) is 13.9. The minimum absolute atomic E-state index is 0.141. The van der Waals surface area contributed by atoms with E-state index in [2.05, 4.69) is 9.98 Å². The molecule has 2 rings (SSSR count). The van der Waals surface area contributed by atoms with Crippen molar-refractivity contribution in [1.82, 2.24) is 4.98 Å². The molecule has 0 radical (unpaired) electrons. The van der Waals surface area contributed by atoms with Crippen molar-refractivity contribution in [2.45, 2.75) is 25.3 Å². The second-order valence-electron chi connectivity index (χ2n) is 4.81. The van der Waals surface area contributed by atoms with Crippen LogP contribution < -0.4 is 0 Å². The number of thioether (sulfide) groups is 1. The summed E-state index contributed by atoms with van der Waals surface area (Å²) in [7, 11) is 0. The molecule has 1 unspecified atom stereocenters. The summed E-state index contributed by atoms with van der Waals surface area (Å²) in [6, 6.07) is 3.51. The largest absolute Gasteiger partial charge is 0.287 e. The van der Waals surface area contributed by atoms with E-state index in [4.69, 9.17) is 11.6 Å². The van der Waals surface area contributed by atoms with Crippen LogP contribution in [0.3, 0.4) is 0 Å². The maximum atomic E-state index is 11.7. The summed E-state index contributed by atoms with van der Waals surface area (Å²) in [5.41, 5.74) is 0.148. The van der Waals surface area contributed by atoms with Crippen LogP contribution in [0.4, 0.5) is 0 Å². The number of allylic oxidation sites excluding steroid dienone is 2. The van der Waals surface area contributed by atoms with Crippen molar-refractivity contribution < 1.29 is 4.92 Å². The number of pyridine rings is 1. The van der Waals surface area contributed by atoms with E-state index < -0.39 is 5.54 Å². The first-order chi connectivity index (χ1) is 10.5. The Bertz CT molecular complexity index is 641. The van der Waals surface area contributed by atoms with Crippen LogP contribution >= 0.6 is 23.4 Å². The summed E-state index contributed by atoms with van der Waals surface area (Å²) in [5.74, 6) is 0. The highest BCUT2D eigenvalue weighted by Gasteiger charge is 2.42. The third kappa shape index (κ3) is 3.39. The SMILES string of the molecule is CCC1(C(=C(Cc2ccc(Cl)nc2)SC)[N+](=O)[O-])C=CC=N1. The topological polar surface area (TPSA) is 68.4 Å². The number of hydrogen-bond donors (Lipinski definition) is 0. The molecule has 1 aliphatic rings. The highest BCUT2D eigenvalue weighted by atomic mass is 35.5. The summed E-state index contributed by atoms with van der Waals surface area (Å²) in [5, 5.41) is 12.1. The van der Waals surface area contributed by atoms with Crippen LogP contribution in [0, 0.1) is 10.1 Å². The lowest BCUT2D eigenvalue weighted by molar-refractivity contribution is -0.433. The zero-order chi connectivity index (χ0) is 16.2. The van der Waals surface area contributed by atoms with Crippen LogP contribution in [0.25, 0.3) is 0 Å². The van der Waals surface area contributed by atoms with Gasteiger partial charge in [0.05, 0.1) is 9.83 Å². The number of hydrogen-bond acceptors (Lipinski definition) is 5. The number of nitrogens with zero attached hydrogens (tertiary/aromatic N) is 3. The fraction of sp³-hybridized carbons (Fsp3) is 0.333. The van der Waals surface area contributed by atoms with Crippen molar-refractivity contribution in [2.75, 3.05) is 6.26 Å². The van der Waals surface area contributed by atoms with Crippen molar-refractivity contribution in [3.05, 3.63) is 61.9 Å². The standard InChI is InChI=1S/C15H16ClN3O2S/c1-3-15(7-4-8-18-15)14(19(20)21)12(22-2)9-11-5-6-13(16)17-10-11/h4-8,10H,3,9H2,1-2H3. The molecule has 1 aliphatic heterocycles. The number of aromatic nitrogens is 1. The van der Waals surface area contributed by atoms with Gasteiger partial charge in [-0.25, -0.2) is 4.98 Å². The Kier molecular flexibility index (Phi) is 5.37. The molecule has 0 fully saturated rings. The quantitative estimate of drug-likeness (QED) is 0.448. The Hall–Kier alpha value is -1.66. The van der Waals surface area contributed by atoms with E-state index in [0.29, 0.717) is 22.9 Å². The molecule has 0 saturated heterocycles. The van der Waals surface area contributed by atoms with Crippen molar-refractivity contribution in [3.63, 3.8) is 0 Å². The van der Waals surface area contributed by atoms with Crippen LogP contribution in [0.15, 0.2) is 46.1 Å². The Morgan fingerprint density at radius 2 is 2.27 bits per heavy atom. The number of halogens is 1. The fourth-order valence-electron chi connectivity index (χ4n) is 2.39. The normalized spacial score (nSPS) is 21.0. The van der Waals surface area contributed by atoms with E-state index in [1.807, 2.05) is 19.2 Å². The van der Waals surface area contributed by atoms with Gasteiger partial charge in [0.1, 0.15) is 5.15 Å². The van der Waals surface area contributed by atoms with Gasteiger partial charge in [-0.2, -0.15) is 0 Å². The fourth-order valence-corrected chi connectivity index (χ4v) is 3.26. The molecule has 0 spiro atoms. The lowest BCUT2D eigenvalue weighted by atomic mass is 9.92. The molecule has 1 aromatic rings. The minimum Gasteiger partial charge on any atom is -0.271 e. The molecular formula is C15H16ClN3O2S. The molecule has 0 aromatic carbocycles. The molecule has 0 N–H and O–H groups in total. The molecule has 0 aliphatic carbocycles. The van der Waals surface area contributed by atoms with Gasteiger partial charge in [-0.05, 0) is 36.5 Å². The van der Waals surface area contributed by atoms with E-state index in [-0.39, 0.29) is 10.6 Å². The van der Waals surface area contributed by atoms with Crippen molar-refractivity contribution in [3.8, 4) is 0 Å². The molecule has 1 aromatic heterocycles. The van der Waals surface area contributed by atoms with Crippen molar-refractivity contribution in [1.29, 1.82) is 0 Å². The van der Waals surface area contributed by atoms with E-state index in [0.717, 1.165) is 5.56 Å². The Morgan fingerprint density at radius 1 is 1.50 bits per heavy atom. The first kappa shape index (κ1) is 16.7. The Balaban J connectivity index is 2.47. The maximum Gasteiger partial charge on any atom is 0.287 e. The molecule has 0 amide bonds. The molecule has 5 nitrogen and oxygen atoms in total. The van der Waals surface area contributed by atoms with Gasteiger partial charge in [-0.1, -0.05) is 24.6 Å². The molecule has 22 heavy (non-hydrogen) atoms. The molecule has 1 atom stereocenters. The number of rotatable bonds is 6. The molecule has 116 valence electrons.